The summed E-state index contributed by atoms with van der Waals surface area (Å²) in [5.41, 5.74) is 0.697. The van der Waals surface area contributed by atoms with Crippen molar-refractivity contribution in [1.82, 2.24) is 4.98 Å². The highest BCUT2D eigenvalue weighted by Crippen LogP contribution is 2.17. The fraction of sp³-hybridized carbons (Fsp3) is 0. The summed E-state index contributed by atoms with van der Waals surface area (Å²) < 4.78 is 0. The van der Waals surface area contributed by atoms with Crippen LogP contribution in [0.5, 0.6) is 5.75 Å². The molecule has 4 heteroatoms. The van der Waals surface area contributed by atoms with Crippen LogP contribution >= 0.6 is 11.3 Å². The number of nitrogens with zero attached hydrogens (tertiary/aromatic N) is 2. The minimum absolute atomic E-state index is 0.229. The lowest BCUT2D eigenvalue weighted by Gasteiger charge is -1.95. The molecule has 0 amide bonds. The molecule has 1 aromatic heterocycles. The van der Waals surface area contributed by atoms with Crippen molar-refractivity contribution in [3.63, 3.8) is 0 Å². The lowest BCUT2D eigenvalue weighted by atomic mass is 10.2. The van der Waals surface area contributed by atoms with Crippen LogP contribution in [0.4, 0.5) is 5.13 Å². The van der Waals surface area contributed by atoms with E-state index in [2.05, 4.69) is 9.98 Å². The van der Waals surface area contributed by atoms with E-state index < -0.39 is 0 Å². The minimum atomic E-state index is 0.229. The molecule has 0 radical (unpaired) electrons. The second kappa shape index (κ2) is 4.02. The van der Waals surface area contributed by atoms with E-state index in [0.29, 0.717) is 10.7 Å². The number of para-hydroxylation sites is 1. The molecule has 0 atom stereocenters. The van der Waals surface area contributed by atoms with E-state index in [9.17, 15) is 5.11 Å². The summed E-state index contributed by atoms with van der Waals surface area (Å²) in [6.07, 6.45) is 3.30. The average molecular weight is 204 g/mol. The largest absolute Gasteiger partial charge is 0.507 e. The molecule has 0 aliphatic heterocycles. The lowest BCUT2D eigenvalue weighted by molar-refractivity contribution is 0.474. The van der Waals surface area contributed by atoms with Crippen molar-refractivity contribution >= 4 is 22.7 Å². The van der Waals surface area contributed by atoms with Crippen molar-refractivity contribution in [2.24, 2.45) is 4.99 Å². The molecule has 0 unspecified atom stereocenters. The zero-order chi connectivity index (χ0) is 9.80. The highest BCUT2D eigenvalue weighted by Gasteiger charge is 1.95. The van der Waals surface area contributed by atoms with Gasteiger partial charge in [-0.25, -0.2) is 9.98 Å². The van der Waals surface area contributed by atoms with Crippen molar-refractivity contribution in [3.8, 4) is 5.75 Å². The Kier molecular flexibility index (Phi) is 2.55. The number of aromatic nitrogens is 1. The van der Waals surface area contributed by atoms with E-state index in [-0.39, 0.29) is 5.75 Å². The molecule has 0 bridgehead atoms. The highest BCUT2D eigenvalue weighted by molar-refractivity contribution is 7.13. The summed E-state index contributed by atoms with van der Waals surface area (Å²) in [6, 6.07) is 7.05. The van der Waals surface area contributed by atoms with E-state index in [1.54, 1.807) is 30.6 Å². The number of aromatic hydroxyl groups is 1. The van der Waals surface area contributed by atoms with Crippen molar-refractivity contribution < 1.29 is 5.11 Å². The fourth-order valence-corrected chi connectivity index (χ4v) is 1.48. The maximum absolute atomic E-state index is 9.43. The number of hydrogen-bond donors (Lipinski definition) is 1. The van der Waals surface area contributed by atoms with Crippen molar-refractivity contribution in [2.45, 2.75) is 0 Å². The van der Waals surface area contributed by atoms with E-state index in [0.717, 1.165) is 0 Å². The average Bonchev–Trinajstić information content (AvgIpc) is 2.69. The molecule has 1 aromatic carbocycles. The Morgan fingerprint density at radius 1 is 1.36 bits per heavy atom. The third-order valence-electron chi connectivity index (χ3n) is 1.67. The van der Waals surface area contributed by atoms with E-state index in [1.165, 1.54) is 11.3 Å². The van der Waals surface area contributed by atoms with Gasteiger partial charge in [0.1, 0.15) is 5.75 Å². The van der Waals surface area contributed by atoms with Crippen LogP contribution in [-0.4, -0.2) is 16.3 Å². The summed E-state index contributed by atoms with van der Waals surface area (Å²) in [7, 11) is 0. The fourth-order valence-electron chi connectivity index (χ4n) is 1.00. The Morgan fingerprint density at radius 2 is 2.21 bits per heavy atom. The van der Waals surface area contributed by atoms with E-state index in [4.69, 9.17) is 0 Å². The van der Waals surface area contributed by atoms with Gasteiger partial charge in [-0.3, -0.25) is 0 Å². The standard InChI is InChI=1S/C10H8N2OS/c13-9-4-2-1-3-8(9)7-12-10-11-5-6-14-10/h1-7,13H/b12-7-. The van der Waals surface area contributed by atoms with Gasteiger partial charge in [0.2, 0.25) is 5.13 Å². The number of rotatable bonds is 2. The molecular formula is C10H8N2OS. The van der Waals surface area contributed by atoms with Gasteiger partial charge in [0.25, 0.3) is 0 Å². The highest BCUT2D eigenvalue weighted by atomic mass is 32.1. The van der Waals surface area contributed by atoms with Crippen LogP contribution in [0.1, 0.15) is 5.56 Å². The van der Waals surface area contributed by atoms with Gasteiger partial charge in [-0.05, 0) is 12.1 Å². The Morgan fingerprint density at radius 3 is 2.93 bits per heavy atom. The molecule has 0 saturated carbocycles. The van der Waals surface area contributed by atoms with Gasteiger partial charge < -0.3 is 5.11 Å². The first-order chi connectivity index (χ1) is 6.86. The summed E-state index contributed by atoms with van der Waals surface area (Å²) in [6.45, 7) is 0. The molecule has 0 saturated heterocycles. The number of phenols is 1. The van der Waals surface area contributed by atoms with Gasteiger partial charge in [-0.1, -0.05) is 12.1 Å². The number of benzene rings is 1. The van der Waals surface area contributed by atoms with Gasteiger partial charge >= 0.3 is 0 Å². The number of aliphatic imine (C=N–C) groups is 1. The predicted molar refractivity (Wildman–Crippen MR) is 57.5 cm³/mol. The molecule has 3 nitrogen and oxygen atoms in total. The van der Waals surface area contributed by atoms with Crippen LogP contribution in [-0.2, 0) is 0 Å². The maximum atomic E-state index is 9.43. The Hall–Kier alpha value is -1.68. The van der Waals surface area contributed by atoms with E-state index in [1.807, 2.05) is 11.4 Å². The van der Waals surface area contributed by atoms with Crippen LogP contribution < -0.4 is 0 Å². The van der Waals surface area contributed by atoms with E-state index >= 15 is 0 Å². The monoisotopic (exact) mass is 204 g/mol. The SMILES string of the molecule is Oc1ccccc1/C=N\c1nccs1. The molecule has 0 aliphatic rings. The molecule has 0 aliphatic carbocycles. The van der Waals surface area contributed by atoms with Crippen molar-refractivity contribution in [3.05, 3.63) is 41.4 Å². The number of phenolic OH excluding ortho intramolecular Hbond substituents is 1. The second-order valence-electron chi connectivity index (χ2n) is 2.63. The molecule has 2 rings (SSSR count). The Labute approximate surface area is 85.4 Å². The summed E-state index contributed by atoms with van der Waals surface area (Å²) in [5.74, 6) is 0.229. The van der Waals surface area contributed by atoms with Crippen LogP contribution in [0, 0.1) is 0 Å². The first-order valence-electron chi connectivity index (χ1n) is 4.08. The molecule has 2 aromatic rings. The Balaban J connectivity index is 2.23. The Bertz CT molecular complexity index is 437. The van der Waals surface area contributed by atoms with Gasteiger partial charge in [0.05, 0.1) is 0 Å². The summed E-state index contributed by atoms with van der Waals surface area (Å²) >= 11 is 1.46. The lowest BCUT2D eigenvalue weighted by Crippen LogP contribution is -1.80. The number of hydrogen-bond acceptors (Lipinski definition) is 4. The van der Waals surface area contributed by atoms with Gasteiger partial charge in [-0.2, -0.15) is 0 Å². The molecule has 0 fully saturated rings. The van der Waals surface area contributed by atoms with Gasteiger partial charge in [0.15, 0.2) is 0 Å². The zero-order valence-electron chi connectivity index (χ0n) is 7.29. The molecular weight excluding hydrogens is 196 g/mol. The van der Waals surface area contributed by atoms with Gasteiger partial charge in [0, 0.05) is 23.4 Å². The number of thiazole rings is 1. The summed E-state index contributed by atoms with van der Waals surface area (Å²) in [4.78, 5) is 8.12. The molecule has 14 heavy (non-hydrogen) atoms. The van der Waals surface area contributed by atoms with Crippen molar-refractivity contribution in [1.29, 1.82) is 0 Å². The predicted octanol–water partition coefficient (Wildman–Crippen LogP) is 2.60. The van der Waals surface area contributed by atoms with Crippen molar-refractivity contribution in [2.75, 3.05) is 0 Å². The maximum Gasteiger partial charge on any atom is 0.209 e. The normalized spacial score (nSPS) is 10.9. The second-order valence-corrected chi connectivity index (χ2v) is 3.50. The smallest absolute Gasteiger partial charge is 0.209 e. The van der Waals surface area contributed by atoms with Crippen LogP contribution in [0.25, 0.3) is 0 Å². The first kappa shape index (κ1) is 8.90. The first-order valence-corrected chi connectivity index (χ1v) is 4.96. The third kappa shape index (κ3) is 1.97. The molecule has 1 N–H and O–H groups in total. The van der Waals surface area contributed by atoms with Crippen LogP contribution in [0.3, 0.4) is 0 Å². The zero-order valence-corrected chi connectivity index (χ0v) is 8.11. The third-order valence-corrected chi connectivity index (χ3v) is 2.35. The van der Waals surface area contributed by atoms with Crippen LogP contribution in [0.2, 0.25) is 0 Å². The topological polar surface area (TPSA) is 45.5 Å². The molecule has 1 heterocycles. The quantitative estimate of drug-likeness (QED) is 0.764. The molecule has 0 spiro atoms. The van der Waals surface area contributed by atoms with Gasteiger partial charge in [-0.15, -0.1) is 11.3 Å². The minimum Gasteiger partial charge on any atom is -0.507 e. The summed E-state index contributed by atoms with van der Waals surface area (Å²) in [5, 5.41) is 12.0. The van der Waals surface area contributed by atoms with Crippen LogP contribution in [0.15, 0.2) is 40.8 Å². The molecule has 70 valence electrons.